The molecule has 6 nitrogen and oxygen atoms in total. The SMILES string of the molecule is CCCCCCCCCCCCN(CCCCCCCCCCCC)CC(=O)N(CCCCCCCCCCCC)CC(=O)N1CCNCC1. The first-order valence-electron chi connectivity index (χ1n) is 22.6. The van der Waals surface area contributed by atoms with Gasteiger partial charge >= 0.3 is 0 Å². The van der Waals surface area contributed by atoms with Crippen LogP contribution in [0.4, 0.5) is 0 Å². The monoisotopic (exact) mass is 705 g/mol. The predicted octanol–water partition coefficient (Wildman–Crippen LogP) is 11.3. The molecule has 1 rings (SSSR count). The molecule has 0 radical (unpaired) electrons. The molecule has 0 unspecified atom stereocenters. The van der Waals surface area contributed by atoms with E-state index in [0.29, 0.717) is 6.54 Å². The number of piperazine rings is 1. The van der Waals surface area contributed by atoms with Gasteiger partial charge in [0.15, 0.2) is 0 Å². The van der Waals surface area contributed by atoms with Gasteiger partial charge < -0.3 is 15.1 Å². The number of hydrogen-bond donors (Lipinski definition) is 1. The Morgan fingerprint density at radius 2 is 0.760 bits per heavy atom. The molecule has 1 aliphatic heterocycles. The molecule has 1 fully saturated rings. The summed E-state index contributed by atoms with van der Waals surface area (Å²) in [6.07, 6.45) is 39.6. The molecular weight excluding hydrogens is 617 g/mol. The summed E-state index contributed by atoms with van der Waals surface area (Å²) in [5.41, 5.74) is 0. The Balaban J connectivity index is 2.60. The van der Waals surface area contributed by atoms with Gasteiger partial charge in [-0.1, -0.05) is 194 Å². The van der Waals surface area contributed by atoms with Gasteiger partial charge in [0.2, 0.25) is 11.8 Å². The summed E-state index contributed by atoms with van der Waals surface area (Å²) in [5, 5.41) is 3.35. The van der Waals surface area contributed by atoms with Crippen molar-refractivity contribution >= 4 is 11.8 Å². The quantitative estimate of drug-likeness (QED) is 0.0654. The molecule has 0 spiro atoms. The van der Waals surface area contributed by atoms with Crippen LogP contribution in [0.2, 0.25) is 0 Å². The van der Waals surface area contributed by atoms with Crippen LogP contribution in [0, 0.1) is 0 Å². The maximum atomic E-state index is 13.9. The van der Waals surface area contributed by atoms with Gasteiger partial charge in [-0.05, 0) is 32.4 Å². The lowest BCUT2D eigenvalue weighted by molar-refractivity contribution is -0.141. The molecule has 1 N–H and O–H groups in total. The molecule has 2 amide bonds. The zero-order chi connectivity index (χ0) is 36.2. The van der Waals surface area contributed by atoms with E-state index in [0.717, 1.165) is 58.7 Å². The second-order valence-corrected chi connectivity index (χ2v) is 15.8. The Hall–Kier alpha value is -1.14. The fourth-order valence-corrected chi connectivity index (χ4v) is 7.47. The van der Waals surface area contributed by atoms with E-state index in [1.54, 1.807) is 0 Å². The highest BCUT2D eigenvalue weighted by atomic mass is 16.2. The van der Waals surface area contributed by atoms with E-state index in [2.05, 4.69) is 31.0 Å². The zero-order valence-electron chi connectivity index (χ0n) is 34.2. The van der Waals surface area contributed by atoms with Gasteiger partial charge in [0.05, 0.1) is 13.1 Å². The van der Waals surface area contributed by atoms with Crippen LogP contribution in [0.1, 0.15) is 213 Å². The van der Waals surface area contributed by atoms with Crippen molar-refractivity contribution in [2.24, 2.45) is 0 Å². The lowest BCUT2D eigenvalue weighted by Gasteiger charge is -2.32. The Bertz CT molecular complexity index is 718. The molecule has 0 aromatic carbocycles. The second kappa shape index (κ2) is 36.2. The van der Waals surface area contributed by atoms with E-state index >= 15 is 0 Å². The molecule has 6 heteroatoms. The molecule has 0 atom stereocenters. The average Bonchev–Trinajstić information content (AvgIpc) is 3.13. The van der Waals surface area contributed by atoms with Crippen molar-refractivity contribution in [2.45, 2.75) is 213 Å². The summed E-state index contributed by atoms with van der Waals surface area (Å²) >= 11 is 0. The smallest absolute Gasteiger partial charge is 0.242 e. The summed E-state index contributed by atoms with van der Waals surface area (Å²) < 4.78 is 0. The third kappa shape index (κ3) is 28.4. The van der Waals surface area contributed by atoms with Crippen LogP contribution < -0.4 is 5.32 Å². The first-order valence-corrected chi connectivity index (χ1v) is 22.6. The fraction of sp³-hybridized carbons (Fsp3) is 0.955. The summed E-state index contributed by atoms with van der Waals surface area (Å²) in [7, 11) is 0. The molecule has 296 valence electrons. The van der Waals surface area contributed by atoms with E-state index < -0.39 is 0 Å². The van der Waals surface area contributed by atoms with Crippen molar-refractivity contribution in [1.82, 2.24) is 20.0 Å². The third-order valence-electron chi connectivity index (χ3n) is 10.9. The van der Waals surface area contributed by atoms with E-state index in [9.17, 15) is 9.59 Å². The molecule has 50 heavy (non-hydrogen) atoms. The second-order valence-electron chi connectivity index (χ2n) is 15.8. The molecule has 0 aliphatic carbocycles. The van der Waals surface area contributed by atoms with E-state index in [4.69, 9.17) is 0 Å². The molecule has 1 heterocycles. The van der Waals surface area contributed by atoms with Crippen molar-refractivity contribution in [1.29, 1.82) is 0 Å². The number of unbranched alkanes of at least 4 members (excludes halogenated alkanes) is 27. The summed E-state index contributed by atoms with van der Waals surface area (Å²) in [4.78, 5) is 33.6. The zero-order valence-corrected chi connectivity index (χ0v) is 34.2. The van der Waals surface area contributed by atoms with Crippen LogP contribution in [0.25, 0.3) is 0 Å². The summed E-state index contributed by atoms with van der Waals surface area (Å²) in [6, 6.07) is 0. The predicted molar refractivity (Wildman–Crippen MR) is 218 cm³/mol. The van der Waals surface area contributed by atoms with E-state index in [1.165, 1.54) is 180 Å². The highest BCUT2D eigenvalue weighted by Crippen LogP contribution is 2.15. The Kier molecular flexibility index (Phi) is 34.0. The molecule has 1 saturated heterocycles. The molecular formula is C44H88N4O2. The number of nitrogens with zero attached hydrogens (tertiary/aromatic N) is 3. The first-order chi connectivity index (χ1) is 24.6. The molecule has 0 aromatic heterocycles. The molecule has 0 aromatic rings. The standard InChI is InChI=1S/C44H88N4O2/c1-4-7-10-13-16-19-22-25-28-31-36-46(37-32-29-26-23-20-17-14-11-8-5-2)41-43(49)48(42-44(50)47-39-34-45-35-40-47)38-33-30-27-24-21-18-15-12-9-6-3/h45H,4-42H2,1-3H3. The number of carbonyl (C=O) groups is 2. The number of nitrogens with one attached hydrogen (secondary N) is 1. The highest BCUT2D eigenvalue weighted by molar-refractivity contribution is 5.85. The first kappa shape index (κ1) is 46.9. The number of hydrogen-bond acceptors (Lipinski definition) is 4. The minimum absolute atomic E-state index is 0.128. The van der Waals surface area contributed by atoms with Gasteiger partial charge in [0.1, 0.15) is 0 Å². The fourth-order valence-electron chi connectivity index (χ4n) is 7.47. The van der Waals surface area contributed by atoms with Gasteiger partial charge in [-0.2, -0.15) is 0 Å². The minimum Gasteiger partial charge on any atom is -0.339 e. The lowest BCUT2D eigenvalue weighted by atomic mass is 10.1. The van der Waals surface area contributed by atoms with Gasteiger partial charge in [-0.3, -0.25) is 14.5 Å². The van der Waals surface area contributed by atoms with Crippen molar-refractivity contribution in [3.05, 3.63) is 0 Å². The maximum absolute atomic E-state index is 13.9. The van der Waals surface area contributed by atoms with Gasteiger partial charge in [0, 0.05) is 32.7 Å². The Morgan fingerprint density at radius 3 is 1.12 bits per heavy atom. The van der Waals surface area contributed by atoms with Crippen LogP contribution >= 0.6 is 0 Å². The molecule has 1 aliphatic rings. The third-order valence-corrected chi connectivity index (χ3v) is 10.9. The number of rotatable bonds is 37. The Morgan fingerprint density at radius 1 is 0.440 bits per heavy atom. The summed E-state index contributed by atoms with van der Waals surface area (Å²) in [6.45, 7) is 13.5. The maximum Gasteiger partial charge on any atom is 0.242 e. The van der Waals surface area contributed by atoms with Gasteiger partial charge in [-0.25, -0.2) is 0 Å². The molecule has 0 bridgehead atoms. The van der Waals surface area contributed by atoms with E-state index in [1.807, 2.05) is 9.80 Å². The number of carbonyl (C=O) groups excluding carboxylic acids is 2. The van der Waals surface area contributed by atoms with E-state index in [-0.39, 0.29) is 18.4 Å². The van der Waals surface area contributed by atoms with Crippen molar-refractivity contribution in [3.8, 4) is 0 Å². The van der Waals surface area contributed by atoms with Crippen LogP contribution in [0.5, 0.6) is 0 Å². The van der Waals surface area contributed by atoms with Crippen LogP contribution in [-0.4, -0.2) is 85.4 Å². The van der Waals surface area contributed by atoms with Crippen molar-refractivity contribution in [3.63, 3.8) is 0 Å². The highest BCUT2D eigenvalue weighted by Gasteiger charge is 2.23. The molecule has 0 saturated carbocycles. The topological polar surface area (TPSA) is 55.9 Å². The minimum atomic E-state index is 0.128. The normalized spacial score (nSPS) is 13.4. The van der Waals surface area contributed by atoms with Crippen molar-refractivity contribution < 1.29 is 9.59 Å². The largest absolute Gasteiger partial charge is 0.339 e. The van der Waals surface area contributed by atoms with Gasteiger partial charge in [-0.15, -0.1) is 0 Å². The average molecular weight is 705 g/mol. The van der Waals surface area contributed by atoms with Crippen LogP contribution in [0.15, 0.2) is 0 Å². The van der Waals surface area contributed by atoms with Crippen LogP contribution in [0.3, 0.4) is 0 Å². The number of amides is 2. The van der Waals surface area contributed by atoms with Crippen LogP contribution in [-0.2, 0) is 9.59 Å². The van der Waals surface area contributed by atoms with Gasteiger partial charge in [0.25, 0.3) is 0 Å². The lowest BCUT2D eigenvalue weighted by Crippen LogP contribution is -2.51. The summed E-state index contributed by atoms with van der Waals surface area (Å²) in [5.74, 6) is 0.298. The Labute approximate surface area is 313 Å². The van der Waals surface area contributed by atoms with Crippen molar-refractivity contribution in [2.75, 3.05) is 58.9 Å².